The summed E-state index contributed by atoms with van der Waals surface area (Å²) in [4.78, 5) is 18.1. The van der Waals surface area contributed by atoms with Crippen molar-refractivity contribution < 1.29 is 15.0 Å². The number of halogens is 1. The highest BCUT2D eigenvalue weighted by Crippen LogP contribution is 2.48. The summed E-state index contributed by atoms with van der Waals surface area (Å²) in [5, 5.41) is 19.6. The zero-order valence-electron chi connectivity index (χ0n) is 14.3. The van der Waals surface area contributed by atoms with Crippen LogP contribution in [0.1, 0.15) is 61.6 Å². The van der Waals surface area contributed by atoms with Gasteiger partial charge in [0.25, 0.3) is 0 Å². The fraction of sp³-hybridized carbons (Fsp3) is 0.667. The summed E-state index contributed by atoms with van der Waals surface area (Å²) in [6, 6.07) is 0. The summed E-state index contributed by atoms with van der Waals surface area (Å²) >= 11 is 3.61. The molecule has 1 saturated heterocycles. The molecule has 1 saturated carbocycles. The molecule has 1 aromatic rings. The number of carboxylic acids is 1. The molecule has 1 aliphatic heterocycles. The Balaban J connectivity index is 2.07. The summed E-state index contributed by atoms with van der Waals surface area (Å²) in [5.74, 6) is -1.23. The van der Waals surface area contributed by atoms with E-state index in [1.807, 2.05) is 6.92 Å². The van der Waals surface area contributed by atoms with Gasteiger partial charge in [0.15, 0.2) is 6.10 Å². The molecule has 5 nitrogen and oxygen atoms in total. The Bertz CT molecular complexity index is 656. The number of aliphatic hydroxyl groups is 1. The average Bonchev–Trinajstić information content (AvgIpc) is 2.97. The van der Waals surface area contributed by atoms with E-state index < -0.39 is 12.1 Å². The Hall–Kier alpha value is -1.14. The largest absolute Gasteiger partial charge is 0.479 e. The Kier molecular flexibility index (Phi) is 4.89. The predicted molar refractivity (Wildman–Crippen MR) is 96.4 cm³/mol. The molecule has 132 valence electrons. The van der Waals surface area contributed by atoms with Crippen LogP contribution in [0.4, 0.5) is 5.69 Å². The van der Waals surface area contributed by atoms with Crippen LogP contribution in [-0.4, -0.2) is 34.3 Å². The van der Waals surface area contributed by atoms with Crippen LogP contribution in [0.15, 0.2) is 4.47 Å². The molecule has 0 radical (unpaired) electrons. The van der Waals surface area contributed by atoms with Gasteiger partial charge in [0.1, 0.15) is 0 Å². The van der Waals surface area contributed by atoms with E-state index in [9.17, 15) is 15.0 Å². The first-order valence-corrected chi connectivity index (χ1v) is 9.46. The molecule has 2 fully saturated rings. The second kappa shape index (κ2) is 6.64. The third-order valence-corrected chi connectivity index (χ3v) is 6.60. The van der Waals surface area contributed by atoms with Gasteiger partial charge in [-0.2, -0.15) is 0 Å². The predicted octanol–water partition coefficient (Wildman–Crippen LogP) is 3.74. The number of hydrogen-bond acceptors (Lipinski definition) is 4. The number of carboxylic acid groups (broad SMARTS) is 1. The van der Waals surface area contributed by atoms with E-state index in [0.717, 1.165) is 35.4 Å². The first-order chi connectivity index (χ1) is 11.3. The Labute approximate surface area is 151 Å². The number of rotatable bonds is 3. The first-order valence-electron chi connectivity index (χ1n) is 8.67. The lowest BCUT2D eigenvalue weighted by molar-refractivity contribution is -0.147. The molecule has 1 aliphatic carbocycles. The molecule has 1 atom stereocenters. The zero-order valence-corrected chi connectivity index (χ0v) is 15.9. The van der Waals surface area contributed by atoms with E-state index in [1.54, 1.807) is 6.92 Å². The number of hydrogen-bond donors (Lipinski definition) is 2. The number of pyridine rings is 1. The van der Waals surface area contributed by atoms with Gasteiger partial charge in [-0.1, -0.05) is 12.8 Å². The van der Waals surface area contributed by atoms with Gasteiger partial charge in [0.2, 0.25) is 0 Å². The molecule has 1 aromatic heterocycles. The quantitative estimate of drug-likeness (QED) is 0.813. The summed E-state index contributed by atoms with van der Waals surface area (Å²) < 4.78 is 0.804. The Morgan fingerprint density at radius 1 is 1.21 bits per heavy atom. The number of nitrogens with zero attached hydrogens (tertiary/aromatic N) is 2. The van der Waals surface area contributed by atoms with Crippen LogP contribution in [-0.2, 0) is 4.79 Å². The van der Waals surface area contributed by atoms with Gasteiger partial charge in [0, 0.05) is 24.3 Å². The van der Waals surface area contributed by atoms with Crippen molar-refractivity contribution in [1.29, 1.82) is 0 Å². The highest BCUT2D eigenvalue weighted by atomic mass is 79.9. The van der Waals surface area contributed by atoms with Crippen molar-refractivity contribution in [2.24, 2.45) is 5.41 Å². The number of carbonyl (C=O) groups is 1. The van der Waals surface area contributed by atoms with E-state index in [1.165, 1.54) is 32.1 Å². The molecular weight excluding hydrogens is 372 g/mol. The number of aryl methyl sites for hydroxylation is 2. The maximum Gasteiger partial charge on any atom is 0.337 e. The van der Waals surface area contributed by atoms with Crippen molar-refractivity contribution in [3.8, 4) is 0 Å². The van der Waals surface area contributed by atoms with Crippen LogP contribution in [0, 0.1) is 19.3 Å². The fourth-order valence-electron chi connectivity index (χ4n) is 4.51. The standard InChI is InChI=1S/C18H25BrN2O3/c1-11-13(16(22)17(23)24)15(14(19)12(2)20-11)21-9-5-8-18(10-21)6-3-4-7-18/h16,22H,3-10H2,1-2H3,(H,23,24)/t16-/m0/s1. The third-order valence-electron chi connectivity index (χ3n) is 5.66. The molecular formula is C18H25BrN2O3. The van der Waals surface area contributed by atoms with Gasteiger partial charge >= 0.3 is 5.97 Å². The summed E-state index contributed by atoms with van der Waals surface area (Å²) in [6.07, 6.45) is 5.88. The van der Waals surface area contributed by atoms with E-state index in [2.05, 4.69) is 25.8 Å². The van der Waals surface area contributed by atoms with E-state index in [-0.39, 0.29) is 0 Å². The number of aliphatic carboxylic acids is 1. The van der Waals surface area contributed by atoms with Crippen LogP contribution >= 0.6 is 15.9 Å². The van der Waals surface area contributed by atoms with Crippen LogP contribution < -0.4 is 4.90 Å². The van der Waals surface area contributed by atoms with Gasteiger partial charge in [0.05, 0.1) is 15.9 Å². The van der Waals surface area contributed by atoms with Gasteiger partial charge in [-0.05, 0) is 60.9 Å². The number of anilines is 1. The van der Waals surface area contributed by atoms with E-state index in [0.29, 0.717) is 16.7 Å². The topological polar surface area (TPSA) is 73.7 Å². The maximum absolute atomic E-state index is 11.4. The minimum absolute atomic E-state index is 0.355. The molecule has 0 unspecified atom stereocenters. The SMILES string of the molecule is Cc1nc(C)c([C@H](O)C(=O)O)c(N2CCCC3(CCCC3)C2)c1Br. The second-order valence-corrected chi connectivity index (χ2v) is 8.12. The minimum Gasteiger partial charge on any atom is -0.479 e. The van der Waals surface area contributed by atoms with Crippen molar-refractivity contribution in [2.75, 3.05) is 18.0 Å². The molecule has 3 rings (SSSR count). The normalized spacial score (nSPS) is 21.2. The lowest BCUT2D eigenvalue weighted by Gasteiger charge is -2.43. The molecule has 2 aliphatic rings. The average molecular weight is 397 g/mol. The lowest BCUT2D eigenvalue weighted by atomic mass is 9.78. The molecule has 0 aromatic carbocycles. The fourth-order valence-corrected chi connectivity index (χ4v) is 5.07. The van der Waals surface area contributed by atoms with Crippen LogP contribution in [0.3, 0.4) is 0 Å². The number of aliphatic hydroxyl groups excluding tert-OH is 1. The highest BCUT2D eigenvalue weighted by molar-refractivity contribution is 9.10. The molecule has 0 bridgehead atoms. The van der Waals surface area contributed by atoms with Crippen molar-refractivity contribution in [2.45, 2.75) is 58.5 Å². The monoisotopic (exact) mass is 396 g/mol. The number of aromatic nitrogens is 1. The second-order valence-electron chi connectivity index (χ2n) is 7.33. The van der Waals surface area contributed by atoms with Crippen LogP contribution in [0.5, 0.6) is 0 Å². The van der Waals surface area contributed by atoms with Crippen LogP contribution in [0.2, 0.25) is 0 Å². The first kappa shape index (κ1) is 17.7. The van der Waals surface area contributed by atoms with Crippen molar-refractivity contribution in [3.05, 3.63) is 21.4 Å². The Morgan fingerprint density at radius 2 is 1.83 bits per heavy atom. The Morgan fingerprint density at radius 3 is 2.46 bits per heavy atom. The number of piperidine rings is 1. The summed E-state index contributed by atoms with van der Waals surface area (Å²) in [5.41, 5.74) is 3.02. The molecule has 2 N–H and O–H groups in total. The minimum atomic E-state index is -1.55. The highest BCUT2D eigenvalue weighted by Gasteiger charge is 2.40. The van der Waals surface area contributed by atoms with E-state index in [4.69, 9.17) is 0 Å². The lowest BCUT2D eigenvalue weighted by Crippen LogP contribution is -2.43. The molecule has 0 amide bonds. The molecule has 1 spiro atoms. The van der Waals surface area contributed by atoms with Crippen molar-refractivity contribution in [1.82, 2.24) is 4.98 Å². The van der Waals surface area contributed by atoms with Gasteiger partial charge in [-0.3, -0.25) is 4.98 Å². The molecule has 2 heterocycles. The van der Waals surface area contributed by atoms with Gasteiger partial charge in [-0.25, -0.2) is 4.79 Å². The van der Waals surface area contributed by atoms with E-state index >= 15 is 0 Å². The summed E-state index contributed by atoms with van der Waals surface area (Å²) in [6.45, 7) is 5.52. The van der Waals surface area contributed by atoms with Gasteiger partial charge < -0.3 is 15.1 Å². The summed E-state index contributed by atoms with van der Waals surface area (Å²) in [7, 11) is 0. The molecule has 6 heteroatoms. The third kappa shape index (κ3) is 3.06. The maximum atomic E-state index is 11.4. The van der Waals surface area contributed by atoms with Gasteiger partial charge in [-0.15, -0.1) is 0 Å². The van der Waals surface area contributed by atoms with Crippen LogP contribution in [0.25, 0.3) is 0 Å². The van der Waals surface area contributed by atoms with Crippen molar-refractivity contribution in [3.63, 3.8) is 0 Å². The molecule has 24 heavy (non-hydrogen) atoms. The zero-order chi connectivity index (χ0) is 17.5. The van der Waals surface area contributed by atoms with Crippen molar-refractivity contribution >= 4 is 27.6 Å². The smallest absolute Gasteiger partial charge is 0.337 e.